The fourth-order valence-corrected chi connectivity index (χ4v) is 1.68. The summed E-state index contributed by atoms with van der Waals surface area (Å²) in [6, 6.07) is 6.12. The highest BCUT2D eigenvalue weighted by atomic mass is 79.9. The SMILES string of the molecule is Cc1cc(Br)ccc1CC(C)O. The monoisotopic (exact) mass is 228 g/mol. The van der Waals surface area contributed by atoms with Gasteiger partial charge in [-0.05, 0) is 43.5 Å². The van der Waals surface area contributed by atoms with E-state index in [0.29, 0.717) is 0 Å². The van der Waals surface area contributed by atoms with Gasteiger partial charge in [0.05, 0.1) is 6.10 Å². The molecular formula is C10H13BrO. The van der Waals surface area contributed by atoms with Crippen molar-refractivity contribution in [3.05, 3.63) is 33.8 Å². The second kappa shape index (κ2) is 4.06. The summed E-state index contributed by atoms with van der Waals surface area (Å²) in [7, 11) is 0. The van der Waals surface area contributed by atoms with Gasteiger partial charge in [0.2, 0.25) is 0 Å². The minimum absolute atomic E-state index is 0.259. The molecule has 1 N–H and O–H groups in total. The van der Waals surface area contributed by atoms with Crippen molar-refractivity contribution >= 4 is 15.9 Å². The van der Waals surface area contributed by atoms with Gasteiger partial charge in [0.15, 0.2) is 0 Å². The van der Waals surface area contributed by atoms with Crippen LogP contribution in [0.3, 0.4) is 0 Å². The van der Waals surface area contributed by atoms with Gasteiger partial charge in [0.25, 0.3) is 0 Å². The molecule has 0 aliphatic rings. The van der Waals surface area contributed by atoms with E-state index in [1.807, 2.05) is 19.1 Å². The average molecular weight is 229 g/mol. The highest BCUT2D eigenvalue weighted by molar-refractivity contribution is 9.10. The van der Waals surface area contributed by atoms with Crippen LogP contribution in [0.5, 0.6) is 0 Å². The van der Waals surface area contributed by atoms with Crippen LogP contribution in [0.4, 0.5) is 0 Å². The number of rotatable bonds is 2. The van der Waals surface area contributed by atoms with Crippen molar-refractivity contribution in [2.75, 3.05) is 0 Å². The number of benzene rings is 1. The van der Waals surface area contributed by atoms with Gasteiger partial charge < -0.3 is 5.11 Å². The fourth-order valence-electron chi connectivity index (χ4n) is 1.21. The zero-order chi connectivity index (χ0) is 9.14. The first kappa shape index (κ1) is 9.75. The van der Waals surface area contributed by atoms with Crippen molar-refractivity contribution in [2.45, 2.75) is 26.4 Å². The molecule has 1 aromatic rings. The molecule has 0 saturated carbocycles. The Morgan fingerprint density at radius 3 is 2.67 bits per heavy atom. The molecule has 1 aromatic carbocycles. The van der Waals surface area contributed by atoms with Gasteiger partial charge >= 0.3 is 0 Å². The Morgan fingerprint density at radius 2 is 2.17 bits per heavy atom. The number of hydrogen-bond acceptors (Lipinski definition) is 1. The van der Waals surface area contributed by atoms with Crippen molar-refractivity contribution in [1.29, 1.82) is 0 Å². The smallest absolute Gasteiger partial charge is 0.0552 e. The molecule has 0 aliphatic carbocycles. The van der Waals surface area contributed by atoms with E-state index in [-0.39, 0.29) is 6.10 Å². The maximum atomic E-state index is 9.19. The third-order valence-electron chi connectivity index (χ3n) is 1.82. The Hall–Kier alpha value is -0.340. The summed E-state index contributed by atoms with van der Waals surface area (Å²) in [6.45, 7) is 3.87. The van der Waals surface area contributed by atoms with Gasteiger partial charge in [-0.25, -0.2) is 0 Å². The molecule has 0 heterocycles. The van der Waals surface area contributed by atoms with Crippen LogP contribution in [-0.4, -0.2) is 11.2 Å². The molecule has 1 rings (SSSR count). The number of hydrogen-bond donors (Lipinski definition) is 1. The second-order valence-electron chi connectivity index (χ2n) is 3.12. The van der Waals surface area contributed by atoms with E-state index in [4.69, 9.17) is 0 Å². The fraction of sp³-hybridized carbons (Fsp3) is 0.400. The quantitative estimate of drug-likeness (QED) is 0.826. The molecule has 1 atom stereocenters. The van der Waals surface area contributed by atoms with Crippen LogP contribution in [0.25, 0.3) is 0 Å². The van der Waals surface area contributed by atoms with E-state index in [1.165, 1.54) is 11.1 Å². The molecule has 0 spiro atoms. The highest BCUT2D eigenvalue weighted by Gasteiger charge is 2.02. The summed E-state index contributed by atoms with van der Waals surface area (Å²) in [6.07, 6.45) is 0.476. The number of halogens is 1. The number of aliphatic hydroxyl groups excluding tert-OH is 1. The topological polar surface area (TPSA) is 20.2 Å². The van der Waals surface area contributed by atoms with Crippen LogP contribution in [0.1, 0.15) is 18.1 Å². The van der Waals surface area contributed by atoms with Crippen LogP contribution in [0, 0.1) is 6.92 Å². The summed E-state index contributed by atoms with van der Waals surface area (Å²) >= 11 is 3.40. The van der Waals surface area contributed by atoms with Gasteiger partial charge in [-0.15, -0.1) is 0 Å². The molecule has 12 heavy (non-hydrogen) atoms. The molecule has 0 radical (unpaired) electrons. The molecule has 0 aliphatic heterocycles. The minimum atomic E-state index is -0.259. The first-order chi connectivity index (χ1) is 5.59. The van der Waals surface area contributed by atoms with E-state index in [1.54, 1.807) is 0 Å². The van der Waals surface area contributed by atoms with Gasteiger partial charge in [-0.3, -0.25) is 0 Å². The average Bonchev–Trinajstić information content (AvgIpc) is 1.94. The van der Waals surface area contributed by atoms with Gasteiger partial charge in [-0.2, -0.15) is 0 Å². The molecular weight excluding hydrogens is 216 g/mol. The summed E-state index contributed by atoms with van der Waals surface area (Å²) in [4.78, 5) is 0. The maximum Gasteiger partial charge on any atom is 0.0552 e. The molecule has 1 unspecified atom stereocenters. The zero-order valence-electron chi connectivity index (χ0n) is 7.34. The molecule has 0 aromatic heterocycles. The Bertz CT molecular complexity index is 269. The Kier molecular flexibility index (Phi) is 3.29. The number of aliphatic hydroxyl groups is 1. The van der Waals surface area contributed by atoms with E-state index in [2.05, 4.69) is 28.9 Å². The van der Waals surface area contributed by atoms with Crippen molar-refractivity contribution in [1.82, 2.24) is 0 Å². The molecule has 66 valence electrons. The molecule has 0 bridgehead atoms. The standard InChI is InChI=1S/C10H13BrO/c1-7-5-10(11)4-3-9(7)6-8(2)12/h3-5,8,12H,6H2,1-2H3. The van der Waals surface area contributed by atoms with Gasteiger partial charge in [-0.1, -0.05) is 22.0 Å². The zero-order valence-corrected chi connectivity index (χ0v) is 8.93. The van der Waals surface area contributed by atoms with Crippen molar-refractivity contribution in [2.24, 2.45) is 0 Å². The van der Waals surface area contributed by atoms with Gasteiger partial charge in [0, 0.05) is 4.47 Å². The van der Waals surface area contributed by atoms with Crippen LogP contribution >= 0.6 is 15.9 Å². The highest BCUT2D eigenvalue weighted by Crippen LogP contribution is 2.16. The minimum Gasteiger partial charge on any atom is -0.393 e. The predicted octanol–water partition coefficient (Wildman–Crippen LogP) is 2.68. The summed E-state index contributed by atoms with van der Waals surface area (Å²) in [5.41, 5.74) is 2.44. The lowest BCUT2D eigenvalue weighted by Crippen LogP contribution is -2.05. The van der Waals surface area contributed by atoms with Crippen molar-refractivity contribution < 1.29 is 5.11 Å². The number of aryl methyl sites for hydroxylation is 1. The summed E-state index contributed by atoms with van der Waals surface area (Å²) < 4.78 is 1.09. The van der Waals surface area contributed by atoms with Gasteiger partial charge in [0.1, 0.15) is 0 Å². The predicted molar refractivity (Wildman–Crippen MR) is 54.3 cm³/mol. The molecule has 0 fully saturated rings. The van der Waals surface area contributed by atoms with Crippen LogP contribution in [0.15, 0.2) is 22.7 Å². The lowest BCUT2D eigenvalue weighted by atomic mass is 10.0. The third-order valence-corrected chi connectivity index (χ3v) is 2.31. The second-order valence-corrected chi connectivity index (χ2v) is 4.04. The van der Waals surface area contributed by atoms with Crippen molar-refractivity contribution in [3.8, 4) is 0 Å². The Morgan fingerprint density at radius 1 is 1.50 bits per heavy atom. The Balaban J connectivity index is 2.86. The first-order valence-corrected chi connectivity index (χ1v) is 4.82. The molecule has 2 heteroatoms. The van der Waals surface area contributed by atoms with E-state index >= 15 is 0 Å². The van der Waals surface area contributed by atoms with Crippen LogP contribution < -0.4 is 0 Å². The largest absolute Gasteiger partial charge is 0.393 e. The third kappa shape index (κ3) is 2.61. The van der Waals surface area contributed by atoms with Crippen LogP contribution in [0.2, 0.25) is 0 Å². The van der Waals surface area contributed by atoms with E-state index in [9.17, 15) is 5.11 Å². The normalized spacial score (nSPS) is 13.0. The lowest BCUT2D eigenvalue weighted by Gasteiger charge is -2.07. The van der Waals surface area contributed by atoms with Crippen molar-refractivity contribution in [3.63, 3.8) is 0 Å². The molecule has 0 saturated heterocycles. The maximum absolute atomic E-state index is 9.19. The summed E-state index contributed by atoms with van der Waals surface area (Å²) in [5, 5.41) is 9.19. The molecule has 1 nitrogen and oxygen atoms in total. The lowest BCUT2D eigenvalue weighted by molar-refractivity contribution is 0.195. The Labute approximate surface area is 81.6 Å². The van der Waals surface area contributed by atoms with Crippen LogP contribution in [-0.2, 0) is 6.42 Å². The van der Waals surface area contributed by atoms with E-state index in [0.717, 1.165) is 10.9 Å². The summed E-state index contributed by atoms with van der Waals surface area (Å²) in [5.74, 6) is 0. The molecule has 0 amide bonds. The van der Waals surface area contributed by atoms with E-state index < -0.39 is 0 Å². The first-order valence-electron chi connectivity index (χ1n) is 4.02.